The van der Waals surface area contributed by atoms with E-state index < -0.39 is 0 Å². The van der Waals surface area contributed by atoms with Gasteiger partial charge in [0.2, 0.25) is 5.95 Å². The summed E-state index contributed by atoms with van der Waals surface area (Å²) < 4.78 is 0. The van der Waals surface area contributed by atoms with E-state index in [1.165, 1.54) is 0 Å². The molecule has 0 bridgehead atoms. The number of rotatable bonds is 6. The van der Waals surface area contributed by atoms with Gasteiger partial charge in [0, 0.05) is 44.3 Å². The van der Waals surface area contributed by atoms with Gasteiger partial charge in [-0.3, -0.25) is 4.98 Å². The molecule has 0 amide bonds. The van der Waals surface area contributed by atoms with Crippen molar-refractivity contribution in [3.05, 3.63) is 48.5 Å². The van der Waals surface area contributed by atoms with Crippen molar-refractivity contribution in [3.8, 4) is 0 Å². The minimum Gasteiger partial charge on any atom is -0.393 e. The molecule has 0 saturated heterocycles. The van der Waals surface area contributed by atoms with Gasteiger partial charge in [0.15, 0.2) is 0 Å². The van der Waals surface area contributed by atoms with Crippen molar-refractivity contribution < 1.29 is 0 Å². The summed E-state index contributed by atoms with van der Waals surface area (Å²) in [5.41, 5.74) is 6.66. The number of anilines is 1. The fourth-order valence-corrected chi connectivity index (χ4v) is 1.75. The molecular formula is C13H15N5S. The van der Waals surface area contributed by atoms with Crippen LogP contribution in [-0.2, 0) is 6.54 Å². The standard InChI is InChI=1S/C13H15N5S/c14-12(19)4-8-18(13-16-6-2-7-17-13)10-11-3-1-5-15-9-11/h1-3,5-7,9H,4,8,10H2,(H2,14,19). The largest absolute Gasteiger partial charge is 0.393 e. The molecule has 0 fully saturated rings. The van der Waals surface area contributed by atoms with Gasteiger partial charge < -0.3 is 10.6 Å². The molecule has 0 unspecified atom stereocenters. The zero-order chi connectivity index (χ0) is 13.5. The maximum atomic E-state index is 5.56. The molecule has 0 aromatic carbocycles. The number of thiocarbonyl (C=S) groups is 1. The van der Waals surface area contributed by atoms with E-state index in [0.29, 0.717) is 30.4 Å². The van der Waals surface area contributed by atoms with Crippen LogP contribution in [0.3, 0.4) is 0 Å². The van der Waals surface area contributed by atoms with Gasteiger partial charge >= 0.3 is 0 Å². The number of pyridine rings is 1. The molecule has 0 aliphatic rings. The normalized spacial score (nSPS) is 10.1. The summed E-state index contributed by atoms with van der Waals surface area (Å²) in [6.45, 7) is 1.37. The molecule has 0 radical (unpaired) electrons. The van der Waals surface area contributed by atoms with E-state index in [1.807, 2.05) is 23.2 Å². The average Bonchev–Trinajstić information content (AvgIpc) is 2.45. The topological polar surface area (TPSA) is 67.9 Å². The Bertz CT molecular complexity index is 517. The Morgan fingerprint density at radius 2 is 2.00 bits per heavy atom. The van der Waals surface area contributed by atoms with E-state index in [0.717, 1.165) is 5.56 Å². The quantitative estimate of drug-likeness (QED) is 0.806. The molecule has 2 heterocycles. The highest BCUT2D eigenvalue weighted by atomic mass is 32.1. The van der Waals surface area contributed by atoms with Gasteiger partial charge in [0.1, 0.15) is 0 Å². The second kappa shape index (κ2) is 6.75. The lowest BCUT2D eigenvalue weighted by Gasteiger charge is -2.22. The summed E-state index contributed by atoms with van der Waals surface area (Å²) in [5.74, 6) is 0.669. The molecule has 2 aromatic heterocycles. The van der Waals surface area contributed by atoms with Gasteiger partial charge in [-0.1, -0.05) is 18.3 Å². The summed E-state index contributed by atoms with van der Waals surface area (Å²) in [6.07, 6.45) is 7.66. The average molecular weight is 273 g/mol. The third kappa shape index (κ3) is 4.26. The van der Waals surface area contributed by atoms with Crippen LogP contribution >= 0.6 is 12.2 Å². The second-order valence-corrected chi connectivity index (χ2v) is 4.57. The Kier molecular flexibility index (Phi) is 4.74. The van der Waals surface area contributed by atoms with Crippen molar-refractivity contribution in [3.63, 3.8) is 0 Å². The highest BCUT2D eigenvalue weighted by Crippen LogP contribution is 2.11. The van der Waals surface area contributed by atoms with Crippen molar-refractivity contribution in [2.75, 3.05) is 11.4 Å². The first-order chi connectivity index (χ1) is 9.25. The third-order valence-electron chi connectivity index (χ3n) is 2.56. The van der Waals surface area contributed by atoms with Gasteiger partial charge in [-0.05, 0) is 17.7 Å². The predicted molar refractivity (Wildman–Crippen MR) is 78.7 cm³/mol. The summed E-state index contributed by atoms with van der Waals surface area (Å²) in [6, 6.07) is 5.72. The number of nitrogens with two attached hydrogens (primary N) is 1. The highest BCUT2D eigenvalue weighted by Gasteiger charge is 2.10. The molecule has 2 aromatic rings. The van der Waals surface area contributed by atoms with Crippen LogP contribution in [0.1, 0.15) is 12.0 Å². The van der Waals surface area contributed by atoms with Crippen molar-refractivity contribution in [1.82, 2.24) is 15.0 Å². The summed E-state index contributed by atoms with van der Waals surface area (Å²) >= 11 is 4.93. The Morgan fingerprint density at radius 3 is 2.63 bits per heavy atom. The number of aromatic nitrogens is 3. The maximum Gasteiger partial charge on any atom is 0.225 e. The van der Waals surface area contributed by atoms with E-state index in [4.69, 9.17) is 18.0 Å². The van der Waals surface area contributed by atoms with Crippen LogP contribution in [0.5, 0.6) is 0 Å². The lowest BCUT2D eigenvalue weighted by atomic mass is 10.2. The SMILES string of the molecule is NC(=S)CCN(Cc1cccnc1)c1ncccn1. The zero-order valence-corrected chi connectivity index (χ0v) is 11.3. The Morgan fingerprint density at radius 1 is 1.21 bits per heavy atom. The Balaban J connectivity index is 2.12. The van der Waals surface area contributed by atoms with E-state index in [9.17, 15) is 0 Å². The molecule has 5 nitrogen and oxygen atoms in total. The molecular weight excluding hydrogens is 258 g/mol. The fourth-order valence-electron chi connectivity index (χ4n) is 1.66. The zero-order valence-electron chi connectivity index (χ0n) is 10.4. The van der Waals surface area contributed by atoms with Gasteiger partial charge in [-0.2, -0.15) is 0 Å². The Labute approximate surface area is 117 Å². The van der Waals surface area contributed by atoms with Crippen molar-refractivity contribution in [2.45, 2.75) is 13.0 Å². The lowest BCUT2D eigenvalue weighted by molar-refractivity contribution is 0.768. The van der Waals surface area contributed by atoms with Crippen LogP contribution in [0.4, 0.5) is 5.95 Å². The van der Waals surface area contributed by atoms with Gasteiger partial charge in [0.25, 0.3) is 0 Å². The molecule has 2 rings (SSSR count). The van der Waals surface area contributed by atoms with E-state index in [1.54, 1.807) is 24.7 Å². The van der Waals surface area contributed by atoms with Crippen molar-refractivity contribution >= 4 is 23.2 Å². The number of nitrogens with zero attached hydrogens (tertiary/aromatic N) is 4. The van der Waals surface area contributed by atoms with Crippen molar-refractivity contribution in [1.29, 1.82) is 0 Å². The molecule has 0 aliphatic carbocycles. The molecule has 2 N–H and O–H groups in total. The monoisotopic (exact) mass is 273 g/mol. The second-order valence-electron chi connectivity index (χ2n) is 4.05. The number of hydrogen-bond acceptors (Lipinski definition) is 5. The smallest absolute Gasteiger partial charge is 0.225 e. The van der Waals surface area contributed by atoms with E-state index in [2.05, 4.69) is 15.0 Å². The first-order valence-corrected chi connectivity index (χ1v) is 6.35. The first-order valence-electron chi connectivity index (χ1n) is 5.95. The molecule has 98 valence electrons. The van der Waals surface area contributed by atoms with Crippen molar-refractivity contribution in [2.24, 2.45) is 5.73 Å². The van der Waals surface area contributed by atoms with Crippen LogP contribution in [0.2, 0.25) is 0 Å². The first kappa shape index (κ1) is 13.4. The number of hydrogen-bond donors (Lipinski definition) is 1. The predicted octanol–water partition coefficient (Wildman–Crippen LogP) is 1.55. The lowest BCUT2D eigenvalue weighted by Crippen LogP contribution is -2.28. The maximum absolute atomic E-state index is 5.56. The van der Waals surface area contributed by atoms with E-state index in [-0.39, 0.29) is 0 Å². The minimum absolute atomic E-state index is 0.493. The highest BCUT2D eigenvalue weighted by molar-refractivity contribution is 7.80. The summed E-state index contributed by atoms with van der Waals surface area (Å²) in [4.78, 5) is 15.2. The van der Waals surface area contributed by atoms with Gasteiger partial charge in [-0.15, -0.1) is 0 Å². The third-order valence-corrected chi connectivity index (χ3v) is 2.76. The fraction of sp³-hybridized carbons (Fsp3) is 0.231. The van der Waals surface area contributed by atoms with Crippen LogP contribution in [0.25, 0.3) is 0 Å². The van der Waals surface area contributed by atoms with Crippen LogP contribution in [-0.4, -0.2) is 26.5 Å². The van der Waals surface area contributed by atoms with Crippen LogP contribution in [0, 0.1) is 0 Å². The molecule has 0 aliphatic heterocycles. The molecule has 0 atom stereocenters. The summed E-state index contributed by atoms with van der Waals surface area (Å²) in [5, 5.41) is 0. The molecule has 0 spiro atoms. The summed E-state index contributed by atoms with van der Waals surface area (Å²) in [7, 11) is 0. The Hall–Kier alpha value is -2.08. The van der Waals surface area contributed by atoms with Gasteiger partial charge in [-0.25, -0.2) is 9.97 Å². The van der Waals surface area contributed by atoms with E-state index >= 15 is 0 Å². The van der Waals surface area contributed by atoms with Crippen LogP contribution in [0.15, 0.2) is 43.0 Å². The minimum atomic E-state index is 0.493. The molecule has 0 saturated carbocycles. The van der Waals surface area contributed by atoms with Gasteiger partial charge in [0.05, 0.1) is 4.99 Å². The molecule has 6 heteroatoms. The molecule has 19 heavy (non-hydrogen) atoms. The van der Waals surface area contributed by atoms with Crippen LogP contribution < -0.4 is 10.6 Å².